The highest BCUT2D eigenvalue weighted by molar-refractivity contribution is 5.97. The van der Waals surface area contributed by atoms with E-state index >= 15 is 0 Å². The van der Waals surface area contributed by atoms with Crippen LogP contribution >= 0.6 is 0 Å². The molecule has 1 aliphatic heterocycles. The third-order valence-corrected chi connectivity index (χ3v) is 3.62. The van der Waals surface area contributed by atoms with Crippen LogP contribution in [0.15, 0.2) is 18.2 Å². The molecule has 0 aliphatic carbocycles. The summed E-state index contributed by atoms with van der Waals surface area (Å²) in [6.07, 6.45) is -0.290. The average molecular weight is 296 g/mol. The predicted octanol–water partition coefficient (Wildman–Crippen LogP) is 1.54. The summed E-state index contributed by atoms with van der Waals surface area (Å²) in [5.74, 6) is -2.20. The van der Waals surface area contributed by atoms with Gasteiger partial charge in [-0.2, -0.15) is 0 Å². The molecule has 2 rings (SSSR count). The van der Waals surface area contributed by atoms with E-state index < -0.39 is 29.0 Å². The first-order chi connectivity index (χ1) is 9.76. The lowest BCUT2D eigenvalue weighted by molar-refractivity contribution is -0.385. The van der Waals surface area contributed by atoms with Gasteiger partial charge in [-0.25, -0.2) is 9.18 Å². The number of carbonyl (C=O) groups is 2. The van der Waals surface area contributed by atoms with Crippen molar-refractivity contribution in [2.45, 2.75) is 19.0 Å². The number of amides is 1. The van der Waals surface area contributed by atoms with Crippen molar-refractivity contribution in [1.29, 1.82) is 0 Å². The van der Waals surface area contributed by atoms with Gasteiger partial charge in [0.05, 0.1) is 11.5 Å². The molecule has 1 aromatic carbocycles. The molecular formula is C13H13FN2O5. The van der Waals surface area contributed by atoms with Crippen molar-refractivity contribution in [1.82, 2.24) is 4.90 Å². The van der Waals surface area contributed by atoms with Crippen LogP contribution in [0.3, 0.4) is 0 Å². The number of carboxylic acid groups (broad SMARTS) is 1. The second-order valence-electron chi connectivity index (χ2n) is 4.95. The topological polar surface area (TPSA) is 101 Å². The van der Waals surface area contributed by atoms with Crippen LogP contribution in [0.1, 0.15) is 22.3 Å². The Hall–Kier alpha value is -2.51. The molecule has 1 atom stereocenters. The molecule has 0 bridgehead atoms. The molecule has 1 N–H and O–H groups in total. The molecule has 1 heterocycles. The number of benzene rings is 1. The van der Waals surface area contributed by atoms with Gasteiger partial charge in [0.25, 0.3) is 11.6 Å². The first kappa shape index (κ1) is 14.9. The Morgan fingerprint density at radius 1 is 1.48 bits per heavy atom. The zero-order valence-electron chi connectivity index (χ0n) is 11.2. The number of nitrogens with zero attached hydrogens (tertiary/aromatic N) is 2. The van der Waals surface area contributed by atoms with Crippen molar-refractivity contribution in [3.8, 4) is 0 Å². The largest absolute Gasteiger partial charge is 0.479 e. The van der Waals surface area contributed by atoms with Gasteiger partial charge in [0.1, 0.15) is 0 Å². The average Bonchev–Trinajstić information content (AvgIpc) is 2.82. The second-order valence-corrected chi connectivity index (χ2v) is 4.95. The number of nitro groups is 1. The molecule has 1 unspecified atom stereocenters. The Morgan fingerprint density at radius 3 is 2.67 bits per heavy atom. The molecule has 1 aromatic rings. The molecule has 0 saturated carbocycles. The summed E-state index contributed by atoms with van der Waals surface area (Å²) in [7, 11) is 0. The van der Waals surface area contributed by atoms with Gasteiger partial charge in [-0.05, 0) is 13.0 Å². The standard InChI is InChI=1S/C13H13FN2O5/c1-8-9(3-2-4-10(8)16(20)21)11(17)15-6-5-13(14,7-15)12(18)19/h2-4H,5-7H2,1H3,(H,18,19). The van der Waals surface area contributed by atoms with Crippen LogP contribution < -0.4 is 0 Å². The van der Waals surface area contributed by atoms with Crippen LogP contribution in [-0.2, 0) is 4.79 Å². The summed E-state index contributed by atoms with van der Waals surface area (Å²) in [5.41, 5.74) is -2.40. The van der Waals surface area contributed by atoms with E-state index in [1.165, 1.54) is 25.1 Å². The van der Waals surface area contributed by atoms with Crippen molar-refractivity contribution in [2.75, 3.05) is 13.1 Å². The molecule has 0 radical (unpaired) electrons. The minimum absolute atomic E-state index is 0.0379. The summed E-state index contributed by atoms with van der Waals surface area (Å²) in [6, 6.07) is 4.05. The minimum atomic E-state index is -2.45. The van der Waals surface area contributed by atoms with Crippen molar-refractivity contribution in [2.24, 2.45) is 0 Å². The highest BCUT2D eigenvalue weighted by Gasteiger charge is 2.47. The lowest BCUT2D eigenvalue weighted by atomic mass is 10.1. The summed E-state index contributed by atoms with van der Waals surface area (Å²) in [6.45, 7) is 0.842. The monoisotopic (exact) mass is 296 g/mol. The van der Waals surface area contributed by atoms with Crippen molar-refractivity contribution in [3.63, 3.8) is 0 Å². The number of halogens is 1. The molecule has 0 aromatic heterocycles. The zero-order chi connectivity index (χ0) is 15.8. The first-order valence-electron chi connectivity index (χ1n) is 6.22. The number of hydrogen-bond acceptors (Lipinski definition) is 4. The van der Waals surface area contributed by atoms with Gasteiger partial charge in [0.2, 0.25) is 5.67 Å². The molecule has 112 valence electrons. The van der Waals surface area contributed by atoms with Crippen LogP contribution in [0.5, 0.6) is 0 Å². The summed E-state index contributed by atoms with van der Waals surface area (Å²) < 4.78 is 14.0. The Morgan fingerprint density at radius 2 is 2.14 bits per heavy atom. The molecule has 1 fully saturated rings. The number of carboxylic acids is 1. The SMILES string of the molecule is Cc1c(C(=O)N2CCC(F)(C(=O)O)C2)cccc1[N+](=O)[O-]. The summed E-state index contributed by atoms with van der Waals surface area (Å²) in [4.78, 5) is 34.5. The van der Waals surface area contributed by atoms with E-state index in [4.69, 9.17) is 5.11 Å². The molecule has 0 spiro atoms. The third kappa shape index (κ3) is 2.56. The van der Waals surface area contributed by atoms with Crippen LogP contribution in [0.25, 0.3) is 0 Å². The number of hydrogen-bond donors (Lipinski definition) is 1. The number of rotatable bonds is 3. The lowest BCUT2D eigenvalue weighted by Gasteiger charge is -2.18. The van der Waals surface area contributed by atoms with E-state index in [0.29, 0.717) is 0 Å². The number of likely N-dealkylation sites (tertiary alicyclic amines) is 1. The highest BCUT2D eigenvalue weighted by Crippen LogP contribution is 2.29. The summed E-state index contributed by atoms with van der Waals surface area (Å²) >= 11 is 0. The van der Waals surface area contributed by atoms with Crippen LogP contribution in [0.4, 0.5) is 10.1 Å². The second kappa shape index (κ2) is 5.12. The highest BCUT2D eigenvalue weighted by atomic mass is 19.1. The molecule has 1 amide bonds. The number of aliphatic carboxylic acids is 1. The van der Waals surface area contributed by atoms with E-state index in [2.05, 4.69) is 0 Å². The van der Waals surface area contributed by atoms with Gasteiger partial charge in [0.15, 0.2) is 0 Å². The minimum Gasteiger partial charge on any atom is -0.479 e. The van der Waals surface area contributed by atoms with E-state index in [0.717, 1.165) is 4.90 Å². The molecule has 8 heteroatoms. The van der Waals surface area contributed by atoms with E-state index in [9.17, 15) is 24.1 Å². The van der Waals surface area contributed by atoms with E-state index in [1.54, 1.807) is 0 Å². The van der Waals surface area contributed by atoms with Crippen molar-refractivity contribution < 1.29 is 24.0 Å². The Balaban J connectivity index is 2.29. The molecule has 1 aliphatic rings. The van der Waals surface area contributed by atoms with Crippen molar-refractivity contribution in [3.05, 3.63) is 39.4 Å². The molecule has 21 heavy (non-hydrogen) atoms. The normalized spacial score (nSPS) is 21.3. The van der Waals surface area contributed by atoms with Gasteiger partial charge >= 0.3 is 5.97 Å². The summed E-state index contributed by atoms with van der Waals surface area (Å²) in [5, 5.41) is 19.7. The fourth-order valence-electron chi connectivity index (χ4n) is 2.34. The van der Waals surface area contributed by atoms with Crippen LogP contribution in [0, 0.1) is 17.0 Å². The molecule has 1 saturated heterocycles. The Kier molecular flexibility index (Phi) is 3.63. The van der Waals surface area contributed by atoms with Crippen LogP contribution in [0.2, 0.25) is 0 Å². The predicted molar refractivity (Wildman–Crippen MR) is 69.8 cm³/mol. The fraction of sp³-hybridized carbons (Fsp3) is 0.385. The van der Waals surface area contributed by atoms with Gasteiger partial charge in [-0.3, -0.25) is 14.9 Å². The zero-order valence-corrected chi connectivity index (χ0v) is 11.2. The van der Waals surface area contributed by atoms with Gasteiger partial charge in [0, 0.05) is 30.2 Å². The number of nitro benzene ring substituents is 1. The quantitative estimate of drug-likeness (QED) is 0.673. The molecular weight excluding hydrogens is 283 g/mol. The number of alkyl halides is 1. The smallest absolute Gasteiger partial charge is 0.343 e. The Bertz CT molecular complexity index is 633. The van der Waals surface area contributed by atoms with Gasteiger partial charge < -0.3 is 10.0 Å². The van der Waals surface area contributed by atoms with E-state index in [-0.39, 0.29) is 29.8 Å². The maximum atomic E-state index is 14.0. The van der Waals surface area contributed by atoms with Gasteiger partial charge in [-0.1, -0.05) is 6.07 Å². The van der Waals surface area contributed by atoms with E-state index in [1.807, 2.05) is 0 Å². The fourth-order valence-corrected chi connectivity index (χ4v) is 2.34. The third-order valence-electron chi connectivity index (χ3n) is 3.62. The Labute approximate surface area is 119 Å². The molecule has 7 nitrogen and oxygen atoms in total. The van der Waals surface area contributed by atoms with Gasteiger partial charge in [-0.15, -0.1) is 0 Å². The maximum absolute atomic E-state index is 14.0. The number of carbonyl (C=O) groups excluding carboxylic acids is 1. The first-order valence-corrected chi connectivity index (χ1v) is 6.22. The van der Waals surface area contributed by atoms with Crippen molar-refractivity contribution >= 4 is 17.6 Å². The maximum Gasteiger partial charge on any atom is 0.343 e. The lowest BCUT2D eigenvalue weighted by Crippen LogP contribution is -2.39. The van der Waals surface area contributed by atoms with Crippen LogP contribution in [-0.4, -0.2) is 45.6 Å².